The average molecular weight is 469 g/mol. The van der Waals surface area contributed by atoms with Gasteiger partial charge in [0.25, 0.3) is 0 Å². The minimum Gasteiger partial charge on any atom is -0.480 e. The first-order valence-electron chi connectivity index (χ1n) is 10.2. The van der Waals surface area contributed by atoms with Gasteiger partial charge in [-0.25, -0.2) is 23.4 Å². The van der Waals surface area contributed by atoms with E-state index >= 15 is 0 Å². The van der Waals surface area contributed by atoms with Crippen molar-refractivity contribution in [3.8, 4) is 17.0 Å². The third-order valence-electron chi connectivity index (χ3n) is 5.35. The predicted octanol–water partition coefficient (Wildman–Crippen LogP) is 1.91. The lowest BCUT2D eigenvalue weighted by Crippen LogP contribution is -2.48. The van der Waals surface area contributed by atoms with E-state index in [4.69, 9.17) is 4.74 Å². The molecule has 3 aromatic rings. The number of nitrogens with zero attached hydrogens (tertiary/aromatic N) is 5. The van der Waals surface area contributed by atoms with Crippen LogP contribution in [0.5, 0.6) is 5.88 Å². The number of hydrogen-bond donors (Lipinski definition) is 1. The van der Waals surface area contributed by atoms with Crippen LogP contribution in [0.4, 0.5) is 11.5 Å². The molecule has 1 N–H and O–H groups in total. The molecular weight excluding hydrogens is 444 g/mol. The number of nitrogens with one attached hydrogen (secondary N) is 1. The van der Waals surface area contributed by atoms with E-state index in [1.54, 1.807) is 17.2 Å². The molecule has 0 spiro atoms. The minimum absolute atomic E-state index is 0.0741. The topological polar surface area (TPSA) is 118 Å². The Morgan fingerprint density at radius 2 is 1.88 bits per heavy atom. The maximum absolute atomic E-state index is 11.9. The van der Waals surface area contributed by atoms with Crippen molar-refractivity contribution in [2.24, 2.45) is 0 Å². The summed E-state index contributed by atoms with van der Waals surface area (Å²) in [6, 6.07) is 7.42. The van der Waals surface area contributed by atoms with E-state index in [-0.39, 0.29) is 17.5 Å². The van der Waals surface area contributed by atoms with E-state index in [1.165, 1.54) is 19.5 Å². The van der Waals surface area contributed by atoms with Gasteiger partial charge in [0.15, 0.2) is 0 Å². The number of aromatic nitrogens is 3. The molecular formula is C22H24N6O4S. The number of fused-ring (bicyclic) bond motifs is 1. The molecule has 1 amide bonds. The molecule has 1 aromatic carbocycles. The fraction of sp³-hybridized carbons (Fsp3) is 0.273. The van der Waals surface area contributed by atoms with Gasteiger partial charge in [0.2, 0.25) is 21.8 Å². The molecule has 0 bridgehead atoms. The van der Waals surface area contributed by atoms with Crippen molar-refractivity contribution >= 4 is 38.3 Å². The molecule has 0 radical (unpaired) electrons. The third-order valence-corrected chi connectivity index (χ3v) is 5.94. The Morgan fingerprint density at radius 1 is 1.12 bits per heavy atom. The number of ether oxygens (including phenoxy) is 1. The first-order valence-corrected chi connectivity index (χ1v) is 12.1. The normalized spacial score (nSPS) is 14.2. The quantitative estimate of drug-likeness (QED) is 0.545. The number of anilines is 2. The standard InChI is InChI=1S/C22H24N6O4S/c1-4-20(29)27-7-9-28(10-8-27)21-17-11-15(5-6-18(17)24-14-25-21)16-12-19(26-33(3,30)31)22(32-2)23-13-16/h4-6,11-14,26H,1,7-10H2,2-3H3. The lowest BCUT2D eigenvalue weighted by molar-refractivity contribution is -0.126. The molecule has 2 aromatic heterocycles. The van der Waals surface area contributed by atoms with Crippen molar-refractivity contribution in [1.29, 1.82) is 0 Å². The van der Waals surface area contributed by atoms with Gasteiger partial charge in [-0.2, -0.15) is 0 Å². The Morgan fingerprint density at radius 3 is 2.55 bits per heavy atom. The highest BCUT2D eigenvalue weighted by Crippen LogP contribution is 2.32. The predicted molar refractivity (Wildman–Crippen MR) is 127 cm³/mol. The maximum Gasteiger partial charge on any atom is 0.246 e. The van der Waals surface area contributed by atoms with Crippen LogP contribution in [0.3, 0.4) is 0 Å². The average Bonchev–Trinajstić information content (AvgIpc) is 2.82. The number of amides is 1. The van der Waals surface area contributed by atoms with Gasteiger partial charge >= 0.3 is 0 Å². The van der Waals surface area contributed by atoms with Gasteiger partial charge in [0.1, 0.15) is 17.8 Å². The van der Waals surface area contributed by atoms with Crippen LogP contribution in [0.25, 0.3) is 22.0 Å². The molecule has 0 saturated carbocycles. The summed E-state index contributed by atoms with van der Waals surface area (Å²) in [6.45, 7) is 6.00. The number of methoxy groups -OCH3 is 1. The van der Waals surface area contributed by atoms with Crippen molar-refractivity contribution in [1.82, 2.24) is 19.9 Å². The summed E-state index contributed by atoms with van der Waals surface area (Å²) in [5, 5.41) is 0.854. The molecule has 1 aliphatic heterocycles. The van der Waals surface area contributed by atoms with Gasteiger partial charge in [-0.3, -0.25) is 9.52 Å². The van der Waals surface area contributed by atoms with Crippen LogP contribution in [0.15, 0.2) is 49.4 Å². The van der Waals surface area contributed by atoms with Crippen molar-refractivity contribution in [2.75, 3.05) is 49.2 Å². The zero-order valence-corrected chi connectivity index (χ0v) is 19.2. The van der Waals surface area contributed by atoms with E-state index in [9.17, 15) is 13.2 Å². The van der Waals surface area contributed by atoms with Crippen LogP contribution in [-0.2, 0) is 14.8 Å². The highest BCUT2D eigenvalue weighted by molar-refractivity contribution is 7.92. The summed E-state index contributed by atoms with van der Waals surface area (Å²) in [6.07, 6.45) is 5.55. The Bertz CT molecular complexity index is 1320. The highest BCUT2D eigenvalue weighted by Gasteiger charge is 2.22. The van der Waals surface area contributed by atoms with Crippen LogP contribution < -0.4 is 14.4 Å². The number of pyridine rings is 1. The first kappa shape index (κ1) is 22.5. The number of benzene rings is 1. The van der Waals surface area contributed by atoms with Gasteiger partial charge in [-0.1, -0.05) is 12.6 Å². The van der Waals surface area contributed by atoms with E-state index in [1.807, 2.05) is 18.2 Å². The molecule has 33 heavy (non-hydrogen) atoms. The summed E-state index contributed by atoms with van der Waals surface area (Å²) in [4.78, 5) is 28.9. The van der Waals surface area contributed by atoms with E-state index < -0.39 is 10.0 Å². The van der Waals surface area contributed by atoms with E-state index in [0.717, 1.165) is 28.5 Å². The fourth-order valence-corrected chi connectivity index (χ4v) is 4.33. The number of hydrogen-bond acceptors (Lipinski definition) is 8. The second-order valence-corrected chi connectivity index (χ2v) is 9.35. The number of carbonyl (C=O) groups is 1. The number of rotatable bonds is 6. The second kappa shape index (κ2) is 9.02. The molecule has 1 fully saturated rings. The molecule has 11 heteroatoms. The zero-order chi connectivity index (χ0) is 23.6. The van der Waals surface area contributed by atoms with Gasteiger partial charge < -0.3 is 14.5 Å². The number of piperazine rings is 1. The monoisotopic (exact) mass is 468 g/mol. The van der Waals surface area contributed by atoms with Crippen molar-refractivity contribution in [3.05, 3.63) is 49.4 Å². The Labute approximate surface area is 192 Å². The fourth-order valence-electron chi connectivity index (χ4n) is 3.79. The molecule has 0 atom stereocenters. The third kappa shape index (κ3) is 4.87. The van der Waals surface area contributed by atoms with Crippen LogP contribution in [0, 0.1) is 0 Å². The Kier molecular flexibility index (Phi) is 6.14. The van der Waals surface area contributed by atoms with Gasteiger partial charge in [-0.15, -0.1) is 0 Å². The number of carbonyl (C=O) groups excluding carboxylic acids is 1. The van der Waals surface area contributed by atoms with Crippen LogP contribution in [0.2, 0.25) is 0 Å². The van der Waals surface area contributed by atoms with Crippen molar-refractivity contribution < 1.29 is 17.9 Å². The molecule has 3 heterocycles. The smallest absolute Gasteiger partial charge is 0.246 e. The van der Waals surface area contributed by atoms with Crippen molar-refractivity contribution in [2.45, 2.75) is 0 Å². The van der Waals surface area contributed by atoms with Crippen LogP contribution >= 0.6 is 0 Å². The molecule has 10 nitrogen and oxygen atoms in total. The summed E-state index contributed by atoms with van der Waals surface area (Å²) in [5.74, 6) is 0.888. The molecule has 1 aliphatic rings. The minimum atomic E-state index is -3.51. The molecule has 0 aliphatic carbocycles. The van der Waals surface area contributed by atoms with Crippen molar-refractivity contribution in [3.63, 3.8) is 0 Å². The lowest BCUT2D eigenvalue weighted by Gasteiger charge is -2.35. The van der Waals surface area contributed by atoms with Crippen LogP contribution in [-0.4, -0.2) is 73.7 Å². The number of sulfonamides is 1. The van der Waals surface area contributed by atoms with Crippen LogP contribution in [0.1, 0.15) is 0 Å². The molecule has 172 valence electrons. The van der Waals surface area contributed by atoms with E-state index in [2.05, 4.69) is 31.2 Å². The first-order chi connectivity index (χ1) is 15.8. The van der Waals surface area contributed by atoms with Gasteiger partial charge in [-0.05, 0) is 29.8 Å². The molecule has 4 rings (SSSR count). The van der Waals surface area contributed by atoms with Gasteiger partial charge in [0.05, 0.1) is 18.9 Å². The summed E-state index contributed by atoms with van der Waals surface area (Å²) < 4.78 is 31.1. The summed E-state index contributed by atoms with van der Waals surface area (Å²) in [5.41, 5.74) is 2.57. The summed E-state index contributed by atoms with van der Waals surface area (Å²) in [7, 11) is -2.08. The molecule has 0 unspecified atom stereocenters. The molecule has 1 saturated heterocycles. The summed E-state index contributed by atoms with van der Waals surface area (Å²) >= 11 is 0. The van der Waals surface area contributed by atoms with E-state index in [0.29, 0.717) is 31.7 Å². The van der Waals surface area contributed by atoms with Gasteiger partial charge in [0, 0.05) is 43.3 Å². The Balaban J connectivity index is 1.70. The zero-order valence-electron chi connectivity index (χ0n) is 18.4. The highest BCUT2D eigenvalue weighted by atomic mass is 32.2. The largest absolute Gasteiger partial charge is 0.480 e. The SMILES string of the molecule is C=CC(=O)N1CCN(c2ncnc3ccc(-c4cnc(OC)c(NS(C)(=O)=O)c4)cc23)CC1. The maximum atomic E-state index is 11.9. The second-order valence-electron chi connectivity index (χ2n) is 7.60. The Hall–Kier alpha value is -3.73. The lowest BCUT2D eigenvalue weighted by atomic mass is 10.0.